The molecule has 4 nitrogen and oxygen atoms in total. The van der Waals surface area contributed by atoms with E-state index in [1.54, 1.807) is 23.6 Å². The van der Waals surface area contributed by atoms with Crippen molar-refractivity contribution in [1.82, 2.24) is 10.3 Å². The van der Waals surface area contributed by atoms with Gasteiger partial charge in [0.15, 0.2) is 0 Å². The Hall–Kier alpha value is -1.75. The lowest BCUT2D eigenvalue weighted by Gasteiger charge is -2.14. The largest absolute Gasteiger partial charge is 0.397 e. The highest BCUT2D eigenvalue weighted by atomic mass is 32.1. The average Bonchev–Trinajstić information content (AvgIpc) is 2.96. The molecule has 1 amide bonds. The molecule has 5 heteroatoms. The first kappa shape index (κ1) is 11.7. The van der Waals surface area contributed by atoms with E-state index in [1.165, 1.54) is 4.88 Å². The van der Waals surface area contributed by atoms with Crippen molar-refractivity contribution in [1.29, 1.82) is 0 Å². The zero-order valence-electron chi connectivity index (χ0n) is 9.57. The second-order valence-electron chi connectivity index (χ2n) is 3.80. The van der Waals surface area contributed by atoms with Crippen LogP contribution in [0.4, 0.5) is 5.69 Å². The van der Waals surface area contributed by atoms with Crippen molar-refractivity contribution in [2.75, 3.05) is 5.73 Å². The Bertz CT molecular complexity index is 490. The predicted octanol–water partition coefficient (Wildman–Crippen LogP) is 2.54. The van der Waals surface area contributed by atoms with Crippen LogP contribution in [0.25, 0.3) is 0 Å². The van der Waals surface area contributed by atoms with E-state index in [0.29, 0.717) is 11.4 Å². The third-order valence-corrected chi connectivity index (χ3v) is 3.54. The summed E-state index contributed by atoms with van der Waals surface area (Å²) >= 11 is 1.65. The summed E-state index contributed by atoms with van der Waals surface area (Å²) in [5.74, 6) is -0.123. The summed E-state index contributed by atoms with van der Waals surface area (Å²) in [5.41, 5.74) is 6.63. The van der Waals surface area contributed by atoms with Crippen molar-refractivity contribution in [3.05, 3.63) is 40.3 Å². The summed E-state index contributed by atoms with van der Waals surface area (Å²) in [7, 11) is 0. The minimum atomic E-state index is -0.123. The van der Waals surface area contributed by atoms with E-state index in [0.717, 1.165) is 6.42 Å². The van der Waals surface area contributed by atoms with Crippen molar-refractivity contribution < 1.29 is 4.79 Å². The molecule has 17 heavy (non-hydrogen) atoms. The van der Waals surface area contributed by atoms with Crippen LogP contribution in [0.5, 0.6) is 0 Å². The van der Waals surface area contributed by atoms with Crippen molar-refractivity contribution in [2.24, 2.45) is 0 Å². The number of nitrogens with two attached hydrogens (primary N) is 1. The maximum atomic E-state index is 11.9. The second-order valence-corrected chi connectivity index (χ2v) is 4.78. The molecule has 0 saturated carbocycles. The van der Waals surface area contributed by atoms with Crippen LogP contribution >= 0.6 is 11.3 Å². The molecule has 4 N–H and O–H groups in total. The average molecular weight is 249 g/mol. The third kappa shape index (κ3) is 2.68. The summed E-state index contributed by atoms with van der Waals surface area (Å²) < 4.78 is 0. The number of anilines is 1. The topological polar surface area (TPSA) is 70.9 Å². The molecule has 2 rings (SSSR count). The lowest BCUT2D eigenvalue weighted by molar-refractivity contribution is 0.0932. The van der Waals surface area contributed by atoms with Crippen molar-refractivity contribution in [3.63, 3.8) is 0 Å². The zero-order valence-corrected chi connectivity index (χ0v) is 10.4. The quantitative estimate of drug-likeness (QED) is 0.779. The molecule has 0 aliphatic carbocycles. The van der Waals surface area contributed by atoms with Crippen LogP contribution < -0.4 is 11.1 Å². The Labute approximate surface area is 104 Å². The van der Waals surface area contributed by atoms with Gasteiger partial charge >= 0.3 is 0 Å². The fourth-order valence-electron chi connectivity index (χ4n) is 1.64. The number of nitrogen functional groups attached to an aromatic ring is 1. The Kier molecular flexibility index (Phi) is 3.49. The summed E-state index contributed by atoms with van der Waals surface area (Å²) in [5, 5.41) is 4.99. The first-order valence-electron chi connectivity index (χ1n) is 5.49. The van der Waals surface area contributed by atoms with Gasteiger partial charge < -0.3 is 16.0 Å². The minimum Gasteiger partial charge on any atom is -0.397 e. The lowest BCUT2D eigenvalue weighted by atomic mass is 10.2. The third-order valence-electron chi connectivity index (χ3n) is 2.55. The monoisotopic (exact) mass is 249 g/mol. The van der Waals surface area contributed by atoms with Gasteiger partial charge in [0.05, 0.1) is 6.04 Å². The minimum absolute atomic E-state index is 0.0621. The predicted molar refractivity (Wildman–Crippen MR) is 70.0 cm³/mol. The molecule has 1 atom stereocenters. The molecule has 2 aromatic rings. The van der Waals surface area contributed by atoms with Crippen LogP contribution in [0.1, 0.15) is 34.8 Å². The molecule has 0 bridgehead atoms. The summed E-state index contributed by atoms with van der Waals surface area (Å²) in [6, 6.07) is 5.71. The summed E-state index contributed by atoms with van der Waals surface area (Å²) in [6.07, 6.45) is 2.48. The highest BCUT2D eigenvalue weighted by Gasteiger charge is 2.15. The van der Waals surface area contributed by atoms with E-state index in [9.17, 15) is 4.79 Å². The molecule has 2 heterocycles. The van der Waals surface area contributed by atoms with Gasteiger partial charge in [0.2, 0.25) is 0 Å². The van der Waals surface area contributed by atoms with Gasteiger partial charge in [-0.3, -0.25) is 4.79 Å². The number of hydrogen-bond donors (Lipinski definition) is 3. The number of aromatic amines is 1. The van der Waals surface area contributed by atoms with Gasteiger partial charge in [-0.1, -0.05) is 13.0 Å². The van der Waals surface area contributed by atoms with E-state index in [-0.39, 0.29) is 11.9 Å². The van der Waals surface area contributed by atoms with Crippen LogP contribution in [0.3, 0.4) is 0 Å². The molecular formula is C12H15N3OS. The first-order valence-corrected chi connectivity index (χ1v) is 6.37. The van der Waals surface area contributed by atoms with Gasteiger partial charge in [0, 0.05) is 16.8 Å². The van der Waals surface area contributed by atoms with Crippen LogP contribution in [0, 0.1) is 0 Å². The highest BCUT2D eigenvalue weighted by Crippen LogP contribution is 2.22. The maximum absolute atomic E-state index is 11.9. The van der Waals surface area contributed by atoms with E-state index in [2.05, 4.69) is 10.3 Å². The van der Waals surface area contributed by atoms with Gasteiger partial charge in [-0.15, -0.1) is 11.3 Å². The molecule has 0 aliphatic rings. The number of carbonyl (C=O) groups excluding carboxylic acids is 1. The van der Waals surface area contributed by atoms with Gasteiger partial charge in [-0.05, 0) is 23.9 Å². The molecular weight excluding hydrogens is 234 g/mol. The van der Waals surface area contributed by atoms with Gasteiger partial charge in [0.25, 0.3) is 5.91 Å². The number of rotatable bonds is 4. The summed E-state index contributed by atoms with van der Waals surface area (Å²) in [6.45, 7) is 2.05. The second kappa shape index (κ2) is 5.05. The Morgan fingerprint density at radius 3 is 3.00 bits per heavy atom. The molecule has 0 radical (unpaired) electrons. The molecule has 0 aliphatic heterocycles. The van der Waals surface area contributed by atoms with E-state index in [4.69, 9.17) is 5.73 Å². The fourth-order valence-corrected chi connectivity index (χ4v) is 2.50. The van der Waals surface area contributed by atoms with Crippen LogP contribution in [0.2, 0.25) is 0 Å². The molecule has 0 saturated heterocycles. The smallest absolute Gasteiger partial charge is 0.268 e. The van der Waals surface area contributed by atoms with Crippen LogP contribution in [-0.4, -0.2) is 10.9 Å². The number of aromatic nitrogens is 1. The maximum Gasteiger partial charge on any atom is 0.268 e. The Morgan fingerprint density at radius 1 is 1.65 bits per heavy atom. The number of amides is 1. The molecule has 0 aromatic carbocycles. The molecule has 1 unspecified atom stereocenters. The Balaban J connectivity index is 2.07. The van der Waals surface area contributed by atoms with Gasteiger partial charge in [-0.25, -0.2) is 0 Å². The first-order chi connectivity index (χ1) is 8.20. The zero-order chi connectivity index (χ0) is 12.3. The number of nitrogens with one attached hydrogen (secondary N) is 2. The fraction of sp³-hybridized carbons (Fsp3) is 0.250. The summed E-state index contributed by atoms with van der Waals surface area (Å²) in [4.78, 5) is 15.9. The molecule has 90 valence electrons. The van der Waals surface area contributed by atoms with Crippen molar-refractivity contribution in [2.45, 2.75) is 19.4 Å². The van der Waals surface area contributed by atoms with Gasteiger partial charge in [0.1, 0.15) is 5.69 Å². The van der Waals surface area contributed by atoms with Crippen molar-refractivity contribution >= 4 is 22.9 Å². The molecule has 0 fully saturated rings. The number of H-pyrrole nitrogens is 1. The van der Waals surface area contributed by atoms with E-state index < -0.39 is 0 Å². The van der Waals surface area contributed by atoms with E-state index in [1.807, 2.05) is 24.4 Å². The SMILES string of the molecule is CCC(NC(=O)c1cc(N)c[nH]1)c1cccs1. The van der Waals surface area contributed by atoms with E-state index >= 15 is 0 Å². The standard InChI is InChI=1S/C12H15N3OS/c1-2-9(11-4-3-5-17-11)15-12(16)10-6-8(13)7-14-10/h3-7,9,14H,2,13H2,1H3,(H,15,16). The number of hydrogen-bond acceptors (Lipinski definition) is 3. The highest BCUT2D eigenvalue weighted by molar-refractivity contribution is 7.10. The van der Waals surface area contributed by atoms with Crippen molar-refractivity contribution in [3.8, 4) is 0 Å². The number of thiophene rings is 1. The Morgan fingerprint density at radius 2 is 2.47 bits per heavy atom. The number of carbonyl (C=O) groups is 1. The van der Waals surface area contributed by atoms with Crippen LogP contribution in [-0.2, 0) is 0 Å². The molecule has 0 spiro atoms. The van der Waals surface area contributed by atoms with Crippen LogP contribution in [0.15, 0.2) is 29.8 Å². The lowest BCUT2D eigenvalue weighted by Crippen LogP contribution is -2.27. The van der Waals surface area contributed by atoms with Gasteiger partial charge in [-0.2, -0.15) is 0 Å². The normalized spacial score (nSPS) is 12.3. The molecule has 2 aromatic heterocycles.